The fraction of sp³-hybridized carbons (Fsp3) is 0.500. The lowest BCUT2D eigenvalue weighted by Gasteiger charge is -2.22. The van der Waals surface area contributed by atoms with Crippen molar-refractivity contribution < 1.29 is 19.4 Å². The minimum atomic E-state index is -1.29. The SMILES string of the molecule is CC1[C@@H](c2ccccc2)C1(NC(=O)OC(C)(C)C)C(=O)O. The Kier molecular flexibility index (Phi) is 3.70. The molecule has 2 rings (SSSR count). The molecule has 5 heteroatoms. The monoisotopic (exact) mass is 291 g/mol. The molecule has 1 aromatic rings. The van der Waals surface area contributed by atoms with Gasteiger partial charge in [0.2, 0.25) is 0 Å². The van der Waals surface area contributed by atoms with Gasteiger partial charge in [0.25, 0.3) is 0 Å². The van der Waals surface area contributed by atoms with E-state index in [0.29, 0.717) is 0 Å². The summed E-state index contributed by atoms with van der Waals surface area (Å²) in [5.41, 5.74) is -1.04. The molecule has 2 N–H and O–H groups in total. The summed E-state index contributed by atoms with van der Waals surface area (Å²) < 4.78 is 5.18. The fourth-order valence-electron chi connectivity index (χ4n) is 2.82. The third-order valence-electron chi connectivity index (χ3n) is 3.82. The number of alkyl carbamates (subject to hydrolysis) is 1. The number of ether oxygens (including phenoxy) is 1. The average molecular weight is 291 g/mol. The smallest absolute Gasteiger partial charge is 0.408 e. The van der Waals surface area contributed by atoms with E-state index in [2.05, 4.69) is 5.32 Å². The second kappa shape index (κ2) is 5.06. The molecule has 5 nitrogen and oxygen atoms in total. The summed E-state index contributed by atoms with van der Waals surface area (Å²) in [5.74, 6) is -1.47. The van der Waals surface area contributed by atoms with Gasteiger partial charge in [-0.2, -0.15) is 0 Å². The summed E-state index contributed by atoms with van der Waals surface area (Å²) in [6.07, 6.45) is -0.699. The molecule has 3 atom stereocenters. The van der Waals surface area contributed by atoms with Gasteiger partial charge in [-0.15, -0.1) is 0 Å². The Morgan fingerprint density at radius 3 is 2.29 bits per heavy atom. The largest absolute Gasteiger partial charge is 0.479 e. The van der Waals surface area contributed by atoms with Crippen LogP contribution in [0.25, 0.3) is 0 Å². The Bertz CT molecular complexity index is 549. The molecule has 0 saturated heterocycles. The molecule has 0 radical (unpaired) electrons. The number of carbonyl (C=O) groups excluding carboxylic acids is 1. The average Bonchev–Trinajstić information content (AvgIpc) is 2.94. The molecular formula is C16H21NO4. The first-order valence-corrected chi connectivity index (χ1v) is 6.98. The zero-order valence-corrected chi connectivity index (χ0v) is 12.7. The topological polar surface area (TPSA) is 75.6 Å². The third-order valence-corrected chi connectivity index (χ3v) is 3.82. The zero-order valence-electron chi connectivity index (χ0n) is 12.7. The van der Waals surface area contributed by atoms with Crippen LogP contribution in [0.2, 0.25) is 0 Å². The van der Waals surface area contributed by atoms with Crippen LogP contribution in [0.15, 0.2) is 30.3 Å². The van der Waals surface area contributed by atoms with Crippen LogP contribution < -0.4 is 5.32 Å². The quantitative estimate of drug-likeness (QED) is 0.898. The van der Waals surface area contributed by atoms with E-state index in [9.17, 15) is 14.7 Å². The standard InChI is InChI=1S/C16H21NO4/c1-10-12(11-8-6-5-7-9-11)16(10,13(18)19)17-14(20)21-15(2,3)4/h5-10,12H,1-4H3,(H,17,20)(H,18,19)/t10?,12-,16?/m0/s1. The van der Waals surface area contributed by atoms with E-state index in [-0.39, 0.29) is 11.8 Å². The van der Waals surface area contributed by atoms with Gasteiger partial charge < -0.3 is 15.2 Å². The van der Waals surface area contributed by atoms with Crippen molar-refractivity contribution in [3.8, 4) is 0 Å². The van der Waals surface area contributed by atoms with Gasteiger partial charge in [0.1, 0.15) is 5.60 Å². The van der Waals surface area contributed by atoms with Gasteiger partial charge in [-0.05, 0) is 26.3 Å². The lowest BCUT2D eigenvalue weighted by molar-refractivity contribution is -0.141. The maximum atomic E-state index is 11.9. The van der Waals surface area contributed by atoms with E-state index >= 15 is 0 Å². The highest BCUT2D eigenvalue weighted by Crippen LogP contribution is 2.57. The highest BCUT2D eigenvalue weighted by Gasteiger charge is 2.69. The lowest BCUT2D eigenvalue weighted by Crippen LogP contribution is -2.47. The Balaban J connectivity index is 2.21. The molecule has 2 unspecified atom stereocenters. The van der Waals surface area contributed by atoms with Crippen LogP contribution in [0.3, 0.4) is 0 Å². The van der Waals surface area contributed by atoms with Crippen molar-refractivity contribution in [3.05, 3.63) is 35.9 Å². The van der Waals surface area contributed by atoms with Gasteiger partial charge in [-0.3, -0.25) is 0 Å². The van der Waals surface area contributed by atoms with Crippen LogP contribution in [-0.4, -0.2) is 28.3 Å². The van der Waals surface area contributed by atoms with Crippen molar-refractivity contribution in [2.75, 3.05) is 0 Å². The number of hydrogen-bond donors (Lipinski definition) is 2. The number of aliphatic carboxylic acids is 1. The van der Waals surface area contributed by atoms with Crippen LogP contribution in [0.1, 0.15) is 39.2 Å². The highest BCUT2D eigenvalue weighted by atomic mass is 16.6. The number of benzene rings is 1. The highest BCUT2D eigenvalue weighted by molar-refractivity contribution is 5.90. The Morgan fingerprint density at radius 1 is 1.24 bits per heavy atom. The van der Waals surface area contributed by atoms with Crippen molar-refractivity contribution in [2.45, 2.75) is 44.8 Å². The van der Waals surface area contributed by atoms with Gasteiger partial charge in [0.15, 0.2) is 5.54 Å². The number of carboxylic acid groups (broad SMARTS) is 1. The molecule has 0 aromatic heterocycles. The second-order valence-electron chi connectivity index (χ2n) is 6.48. The summed E-state index contributed by atoms with van der Waals surface area (Å²) in [5, 5.41) is 12.1. The Morgan fingerprint density at radius 2 is 1.81 bits per heavy atom. The van der Waals surface area contributed by atoms with Crippen LogP contribution in [-0.2, 0) is 9.53 Å². The summed E-state index contributed by atoms with van der Waals surface area (Å²) in [6.45, 7) is 7.05. The normalized spacial score (nSPS) is 27.8. The van der Waals surface area contributed by atoms with Crippen LogP contribution >= 0.6 is 0 Å². The van der Waals surface area contributed by atoms with Crippen LogP contribution in [0, 0.1) is 5.92 Å². The lowest BCUT2D eigenvalue weighted by atomic mass is 10.1. The minimum absolute atomic E-state index is 0.190. The van der Waals surface area contributed by atoms with Gasteiger partial charge in [0, 0.05) is 11.8 Å². The summed E-state index contributed by atoms with van der Waals surface area (Å²) >= 11 is 0. The summed E-state index contributed by atoms with van der Waals surface area (Å²) in [7, 11) is 0. The second-order valence-corrected chi connectivity index (χ2v) is 6.48. The molecule has 1 aromatic carbocycles. The minimum Gasteiger partial charge on any atom is -0.479 e. The molecular weight excluding hydrogens is 270 g/mol. The third kappa shape index (κ3) is 2.86. The molecule has 1 aliphatic carbocycles. The molecule has 1 fully saturated rings. The fourth-order valence-corrected chi connectivity index (χ4v) is 2.82. The van der Waals surface area contributed by atoms with E-state index in [1.807, 2.05) is 37.3 Å². The first kappa shape index (κ1) is 15.4. The molecule has 1 saturated carbocycles. The van der Waals surface area contributed by atoms with E-state index in [1.165, 1.54) is 0 Å². The van der Waals surface area contributed by atoms with Gasteiger partial charge in [0.05, 0.1) is 0 Å². The summed E-state index contributed by atoms with van der Waals surface area (Å²) in [6, 6.07) is 9.35. The molecule has 21 heavy (non-hydrogen) atoms. The molecule has 0 aliphatic heterocycles. The molecule has 0 spiro atoms. The first-order valence-electron chi connectivity index (χ1n) is 6.98. The molecule has 114 valence electrons. The van der Waals surface area contributed by atoms with Crippen LogP contribution in [0.4, 0.5) is 4.79 Å². The van der Waals surface area contributed by atoms with E-state index < -0.39 is 23.2 Å². The number of hydrogen-bond acceptors (Lipinski definition) is 3. The van der Waals surface area contributed by atoms with E-state index in [4.69, 9.17) is 4.74 Å². The van der Waals surface area contributed by atoms with Crippen molar-refractivity contribution in [1.29, 1.82) is 0 Å². The number of carboxylic acids is 1. The van der Waals surface area contributed by atoms with Crippen molar-refractivity contribution in [3.63, 3.8) is 0 Å². The van der Waals surface area contributed by atoms with Crippen LogP contribution in [0.5, 0.6) is 0 Å². The Hall–Kier alpha value is -2.04. The van der Waals surface area contributed by atoms with Crippen molar-refractivity contribution in [2.24, 2.45) is 5.92 Å². The van der Waals surface area contributed by atoms with Crippen molar-refractivity contribution >= 4 is 12.1 Å². The van der Waals surface area contributed by atoms with E-state index in [0.717, 1.165) is 5.56 Å². The number of amides is 1. The molecule has 0 heterocycles. The predicted octanol–water partition coefficient (Wildman–Crippen LogP) is 2.77. The maximum absolute atomic E-state index is 11.9. The Labute approximate surface area is 124 Å². The maximum Gasteiger partial charge on any atom is 0.408 e. The predicted molar refractivity (Wildman–Crippen MR) is 78.1 cm³/mol. The first-order chi connectivity index (χ1) is 9.68. The van der Waals surface area contributed by atoms with Gasteiger partial charge in [-0.25, -0.2) is 9.59 Å². The van der Waals surface area contributed by atoms with Gasteiger partial charge >= 0.3 is 12.1 Å². The van der Waals surface area contributed by atoms with E-state index in [1.54, 1.807) is 20.8 Å². The molecule has 1 aliphatic rings. The zero-order chi connectivity index (χ0) is 15.8. The number of rotatable bonds is 3. The number of nitrogens with one attached hydrogen (secondary N) is 1. The molecule has 0 bridgehead atoms. The van der Waals surface area contributed by atoms with Gasteiger partial charge in [-0.1, -0.05) is 37.3 Å². The molecule has 1 amide bonds. The van der Waals surface area contributed by atoms with Crippen molar-refractivity contribution in [1.82, 2.24) is 5.32 Å². The number of carbonyl (C=O) groups is 2. The summed E-state index contributed by atoms with van der Waals surface area (Å²) in [4.78, 5) is 23.7.